The fourth-order valence-corrected chi connectivity index (χ4v) is 2.17. The van der Waals surface area contributed by atoms with Crippen molar-refractivity contribution in [3.8, 4) is 12.1 Å². The van der Waals surface area contributed by atoms with Crippen molar-refractivity contribution in [3.05, 3.63) is 40.6 Å². The minimum atomic E-state index is -0.377. The molecule has 25 heavy (non-hydrogen) atoms. The number of nitrogens with two attached hydrogens (primary N) is 1. The lowest BCUT2D eigenvalue weighted by atomic mass is 10.2. The van der Waals surface area contributed by atoms with Gasteiger partial charge >= 0.3 is 0 Å². The van der Waals surface area contributed by atoms with Gasteiger partial charge in [-0.2, -0.15) is 10.5 Å². The Morgan fingerprint density at radius 1 is 1.20 bits per heavy atom. The molecule has 1 aromatic heterocycles. The molecule has 126 valence electrons. The molecule has 0 aliphatic rings. The molecular formula is C15H13BrN8O. The summed E-state index contributed by atoms with van der Waals surface area (Å²) in [5, 5.41) is 17.7. The van der Waals surface area contributed by atoms with E-state index in [-0.39, 0.29) is 36.3 Å². The molecule has 0 radical (unpaired) electrons. The van der Waals surface area contributed by atoms with E-state index in [0.717, 1.165) is 4.47 Å². The predicted molar refractivity (Wildman–Crippen MR) is 95.1 cm³/mol. The van der Waals surface area contributed by atoms with Gasteiger partial charge < -0.3 is 10.6 Å². The Morgan fingerprint density at radius 2 is 1.84 bits per heavy atom. The lowest BCUT2D eigenvalue weighted by Gasteiger charge is -2.20. The van der Waals surface area contributed by atoms with Gasteiger partial charge in [-0.1, -0.05) is 15.9 Å². The average molecular weight is 401 g/mol. The summed E-state index contributed by atoms with van der Waals surface area (Å²) >= 11 is 3.30. The molecule has 0 fully saturated rings. The Balaban J connectivity index is 2.14. The van der Waals surface area contributed by atoms with E-state index >= 15 is 0 Å². The number of amides is 1. The van der Waals surface area contributed by atoms with E-state index in [4.69, 9.17) is 16.3 Å². The molecule has 0 aliphatic carbocycles. The second-order valence-electron chi connectivity index (χ2n) is 4.72. The Hall–Kier alpha value is -3.37. The van der Waals surface area contributed by atoms with Gasteiger partial charge in [0.2, 0.25) is 0 Å². The Bertz CT molecular complexity index is 824. The first kappa shape index (κ1) is 18.0. The zero-order valence-corrected chi connectivity index (χ0v) is 14.5. The van der Waals surface area contributed by atoms with Crippen LogP contribution in [0.4, 0.5) is 17.3 Å². The molecule has 4 N–H and O–H groups in total. The van der Waals surface area contributed by atoms with E-state index in [9.17, 15) is 4.79 Å². The van der Waals surface area contributed by atoms with Gasteiger partial charge in [0.25, 0.3) is 5.91 Å². The van der Waals surface area contributed by atoms with E-state index in [1.54, 1.807) is 24.3 Å². The molecule has 0 atom stereocenters. The predicted octanol–water partition coefficient (Wildman–Crippen LogP) is 1.43. The van der Waals surface area contributed by atoms with Crippen LogP contribution in [0.2, 0.25) is 0 Å². The quantitative estimate of drug-likeness (QED) is 0.487. The van der Waals surface area contributed by atoms with Crippen LogP contribution in [0.3, 0.4) is 0 Å². The third kappa shape index (κ3) is 4.56. The highest BCUT2D eigenvalue weighted by Gasteiger charge is 2.15. The SMILES string of the molecule is N#CCN(CC#N)c1ncnc(NNC(=O)c2ccc(Br)cc2)c1N. The number of hydrazine groups is 1. The third-order valence-corrected chi connectivity index (χ3v) is 3.62. The number of benzene rings is 1. The maximum absolute atomic E-state index is 12.1. The van der Waals surface area contributed by atoms with Crippen molar-refractivity contribution in [1.29, 1.82) is 10.5 Å². The van der Waals surface area contributed by atoms with Crippen LogP contribution in [0.25, 0.3) is 0 Å². The molecule has 10 heteroatoms. The monoisotopic (exact) mass is 400 g/mol. The number of nitrogens with one attached hydrogen (secondary N) is 2. The normalized spacial score (nSPS) is 9.56. The number of halogens is 1. The molecule has 2 aromatic rings. The lowest BCUT2D eigenvalue weighted by Crippen LogP contribution is -2.31. The van der Waals surface area contributed by atoms with Crippen molar-refractivity contribution in [3.63, 3.8) is 0 Å². The van der Waals surface area contributed by atoms with Crippen LogP contribution in [0.1, 0.15) is 10.4 Å². The second kappa shape index (κ2) is 8.47. The lowest BCUT2D eigenvalue weighted by molar-refractivity contribution is 0.0962. The first-order chi connectivity index (χ1) is 12.1. The summed E-state index contributed by atoms with van der Waals surface area (Å²) in [5.41, 5.74) is 11.7. The summed E-state index contributed by atoms with van der Waals surface area (Å²) in [6.07, 6.45) is 1.22. The smallest absolute Gasteiger partial charge is 0.269 e. The Morgan fingerprint density at radius 3 is 2.44 bits per heavy atom. The number of carbonyl (C=O) groups is 1. The summed E-state index contributed by atoms with van der Waals surface area (Å²) in [6, 6.07) is 10.7. The Kier molecular flexibility index (Phi) is 6.09. The van der Waals surface area contributed by atoms with Crippen LogP contribution in [0, 0.1) is 22.7 Å². The van der Waals surface area contributed by atoms with E-state index < -0.39 is 0 Å². The van der Waals surface area contributed by atoms with Crippen LogP contribution in [-0.4, -0.2) is 29.0 Å². The highest BCUT2D eigenvalue weighted by atomic mass is 79.9. The highest BCUT2D eigenvalue weighted by molar-refractivity contribution is 9.10. The third-order valence-electron chi connectivity index (χ3n) is 3.09. The summed E-state index contributed by atoms with van der Waals surface area (Å²) in [7, 11) is 0. The fourth-order valence-electron chi connectivity index (χ4n) is 1.90. The van der Waals surface area contributed by atoms with Crippen molar-refractivity contribution in [1.82, 2.24) is 15.4 Å². The number of hydrogen-bond donors (Lipinski definition) is 3. The van der Waals surface area contributed by atoms with Crippen LogP contribution >= 0.6 is 15.9 Å². The molecular weight excluding hydrogens is 388 g/mol. The number of nitriles is 2. The summed E-state index contributed by atoms with van der Waals surface area (Å²) in [4.78, 5) is 21.5. The minimum absolute atomic E-state index is 0.0561. The summed E-state index contributed by atoms with van der Waals surface area (Å²) in [6.45, 7) is -0.112. The van der Waals surface area contributed by atoms with E-state index in [2.05, 4.69) is 36.7 Å². The first-order valence-corrected chi connectivity index (χ1v) is 7.77. The molecule has 0 saturated heterocycles. The average Bonchev–Trinajstić information content (AvgIpc) is 2.61. The van der Waals surface area contributed by atoms with E-state index in [1.165, 1.54) is 11.2 Å². The summed E-state index contributed by atoms with van der Waals surface area (Å²) in [5.74, 6) is 0.0211. The highest BCUT2D eigenvalue weighted by Crippen LogP contribution is 2.25. The van der Waals surface area contributed by atoms with Crippen LogP contribution in [-0.2, 0) is 0 Å². The number of carbonyl (C=O) groups excluding carboxylic acids is 1. The molecule has 1 aromatic carbocycles. The number of anilines is 3. The topological polar surface area (TPSA) is 144 Å². The van der Waals surface area contributed by atoms with Gasteiger partial charge in [-0.15, -0.1) is 0 Å². The van der Waals surface area contributed by atoms with E-state index in [0.29, 0.717) is 5.56 Å². The van der Waals surface area contributed by atoms with E-state index in [1.807, 2.05) is 12.1 Å². The van der Waals surface area contributed by atoms with Crippen LogP contribution < -0.4 is 21.5 Å². The van der Waals surface area contributed by atoms with Gasteiger partial charge in [0.1, 0.15) is 25.1 Å². The van der Waals surface area contributed by atoms with Gasteiger partial charge in [-0.05, 0) is 24.3 Å². The maximum atomic E-state index is 12.1. The zero-order valence-electron chi connectivity index (χ0n) is 12.9. The molecule has 0 saturated carbocycles. The van der Waals surface area contributed by atoms with Crippen molar-refractivity contribution >= 4 is 39.2 Å². The standard InChI is InChI=1S/C15H13BrN8O/c16-11-3-1-10(2-4-11)15(25)23-22-13-12(19)14(21-9-20-13)24(7-5-17)8-6-18/h1-4,9H,7-8,19H2,(H,23,25)(H,20,21,22). The number of nitrogen functional groups attached to an aromatic ring is 1. The second-order valence-corrected chi connectivity index (χ2v) is 5.63. The van der Waals surface area contributed by atoms with Gasteiger partial charge in [0, 0.05) is 10.0 Å². The van der Waals surface area contributed by atoms with Crippen molar-refractivity contribution in [2.24, 2.45) is 0 Å². The number of hydrogen-bond acceptors (Lipinski definition) is 8. The molecule has 0 unspecified atom stereocenters. The van der Waals surface area contributed by atoms with Crippen molar-refractivity contribution < 1.29 is 4.79 Å². The Labute approximate surface area is 152 Å². The summed E-state index contributed by atoms with van der Waals surface area (Å²) < 4.78 is 0.858. The zero-order chi connectivity index (χ0) is 18.2. The minimum Gasteiger partial charge on any atom is -0.393 e. The molecule has 1 heterocycles. The fraction of sp³-hybridized carbons (Fsp3) is 0.133. The van der Waals surface area contributed by atoms with Gasteiger partial charge in [0.05, 0.1) is 12.1 Å². The number of rotatable bonds is 6. The van der Waals surface area contributed by atoms with Crippen LogP contribution in [0.5, 0.6) is 0 Å². The maximum Gasteiger partial charge on any atom is 0.269 e. The van der Waals surface area contributed by atoms with Crippen molar-refractivity contribution in [2.75, 3.05) is 29.1 Å². The van der Waals surface area contributed by atoms with Gasteiger partial charge in [0.15, 0.2) is 11.6 Å². The van der Waals surface area contributed by atoms with Crippen LogP contribution in [0.15, 0.2) is 35.1 Å². The largest absolute Gasteiger partial charge is 0.393 e. The molecule has 0 bridgehead atoms. The molecule has 0 aliphatic heterocycles. The first-order valence-electron chi connectivity index (χ1n) is 6.98. The number of aromatic nitrogens is 2. The molecule has 9 nitrogen and oxygen atoms in total. The van der Waals surface area contributed by atoms with Gasteiger partial charge in [-0.3, -0.25) is 15.6 Å². The molecule has 2 rings (SSSR count). The van der Waals surface area contributed by atoms with Gasteiger partial charge in [-0.25, -0.2) is 9.97 Å². The van der Waals surface area contributed by atoms with Crippen molar-refractivity contribution in [2.45, 2.75) is 0 Å². The number of nitrogens with zero attached hydrogens (tertiary/aromatic N) is 5. The molecule has 1 amide bonds. The molecule has 0 spiro atoms.